The molecule has 0 spiro atoms. The molecule has 8 heteroatoms. The Morgan fingerprint density at radius 1 is 0.935 bits per heavy atom. The zero-order valence-corrected chi connectivity index (χ0v) is 18.7. The van der Waals surface area contributed by atoms with Crippen molar-refractivity contribution in [1.29, 1.82) is 0 Å². The third-order valence-corrected chi connectivity index (χ3v) is 5.75. The van der Waals surface area contributed by atoms with E-state index in [1.165, 1.54) is 37.7 Å². The number of ether oxygens (including phenoxy) is 2. The maximum atomic E-state index is 12.4. The van der Waals surface area contributed by atoms with Crippen molar-refractivity contribution in [2.75, 3.05) is 33.6 Å². The number of rotatable bonds is 7. The predicted molar refractivity (Wildman–Crippen MR) is 119 cm³/mol. The van der Waals surface area contributed by atoms with Gasteiger partial charge in [-0.25, -0.2) is 4.79 Å². The molecule has 7 nitrogen and oxygen atoms in total. The number of thioether (sulfide) groups is 1. The lowest BCUT2D eigenvalue weighted by atomic mass is 10.1. The molecule has 0 aliphatic carbocycles. The average molecular weight is 441 g/mol. The lowest BCUT2D eigenvalue weighted by Gasteiger charge is -2.28. The maximum Gasteiger partial charge on any atom is 0.333 e. The molecule has 1 fully saturated rings. The molecule has 0 unspecified atom stereocenters. The third kappa shape index (κ3) is 5.08. The molecule has 1 aliphatic rings. The maximum absolute atomic E-state index is 12.4. The van der Waals surface area contributed by atoms with Crippen molar-refractivity contribution >= 4 is 35.7 Å². The van der Waals surface area contributed by atoms with Crippen LogP contribution in [0.2, 0.25) is 0 Å². The van der Waals surface area contributed by atoms with Gasteiger partial charge in [0, 0.05) is 24.7 Å². The number of benzene rings is 2. The largest absolute Gasteiger partial charge is 0.493 e. The first-order valence-corrected chi connectivity index (χ1v) is 10.6. The van der Waals surface area contributed by atoms with Crippen LogP contribution in [0.3, 0.4) is 0 Å². The molecule has 162 valence electrons. The summed E-state index contributed by atoms with van der Waals surface area (Å²) in [6.07, 6.45) is 1.45. The molecular formula is C23H24N2O5S. The van der Waals surface area contributed by atoms with Gasteiger partial charge in [-0.3, -0.25) is 19.4 Å². The number of imide groups is 2. The molecule has 4 amide bonds. The fraction of sp³-hybridized carbons (Fsp3) is 0.261. The van der Waals surface area contributed by atoms with Gasteiger partial charge in [-0.2, -0.15) is 0 Å². The van der Waals surface area contributed by atoms with Crippen molar-refractivity contribution in [3.05, 3.63) is 59.2 Å². The molecule has 2 aromatic carbocycles. The number of hydrogen-bond acceptors (Lipinski definition) is 6. The topological polar surface area (TPSA) is 76.2 Å². The second-order valence-electron chi connectivity index (χ2n) is 6.99. The van der Waals surface area contributed by atoms with Crippen LogP contribution in [0.1, 0.15) is 11.1 Å². The van der Waals surface area contributed by atoms with Crippen LogP contribution in [0, 0.1) is 6.92 Å². The molecule has 0 N–H and O–H groups in total. The molecular weight excluding hydrogens is 416 g/mol. The van der Waals surface area contributed by atoms with E-state index in [1.54, 1.807) is 30.0 Å². The van der Waals surface area contributed by atoms with Crippen molar-refractivity contribution in [2.45, 2.75) is 11.8 Å². The van der Waals surface area contributed by atoms with E-state index >= 15 is 0 Å². The number of amides is 4. The molecule has 31 heavy (non-hydrogen) atoms. The average Bonchev–Trinajstić information content (AvgIpc) is 2.78. The van der Waals surface area contributed by atoms with Gasteiger partial charge in [0.05, 0.1) is 13.7 Å². The highest BCUT2D eigenvalue weighted by atomic mass is 32.2. The third-order valence-electron chi connectivity index (χ3n) is 4.77. The minimum Gasteiger partial charge on any atom is -0.493 e. The monoisotopic (exact) mass is 440 g/mol. The van der Waals surface area contributed by atoms with Gasteiger partial charge in [0.25, 0.3) is 11.8 Å². The summed E-state index contributed by atoms with van der Waals surface area (Å²) in [5.74, 6) is 0.553. The van der Waals surface area contributed by atoms with Crippen LogP contribution in [0.25, 0.3) is 6.08 Å². The van der Waals surface area contributed by atoms with E-state index in [4.69, 9.17) is 9.47 Å². The van der Waals surface area contributed by atoms with Crippen molar-refractivity contribution in [3.8, 4) is 11.5 Å². The van der Waals surface area contributed by atoms with Crippen LogP contribution in [0.4, 0.5) is 4.79 Å². The Hall–Kier alpha value is -3.26. The Morgan fingerprint density at radius 3 is 2.19 bits per heavy atom. The van der Waals surface area contributed by atoms with Gasteiger partial charge < -0.3 is 9.47 Å². The number of carbonyl (C=O) groups is 3. The van der Waals surface area contributed by atoms with E-state index in [1.807, 2.05) is 0 Å². The van der Waals surface area contributed by atoms with Gasteiger partial charge in [-0.05, 0) is 42.8 Å². The number of likely N-dealkylation sites (N-methyl/N-ethyl adjacent to an activating group) is 2. The first kappa shape index (κ1) is 22.4. The lowest BCUT2D eigenvalue weighted by Crippen LogP contribution is -2.52. The highest BCUT2D eigenvalue weighted by Crippen LogP contribution is 2.30. The normalized spacial score (nSPS) is 14.2. The smallest absolute Gasteiger partial charge is 0.333 e. The summed E-state index contributed by atoms with van der Waals surface area (Å²) >= 11 is 1.70. The molecule has 0 bridgehead atoms. The SMILES string of the molecule is COc1cc(C=C2C(=O)N(C)C(=O)N(C)C2=O)ccc1OCCSc1ccc(C)cc1. The minimum absolute atomic E-state index is 0.0881. The molecule has 0 aromatic heterocycles. The fourth-order valence-electron chi connectivity index (χ4n) is 2.98. The predicted octanol–water partition coefficient (Wildman–Crippen LogP) is 3.61. The summed E-state index contributed by atoms with van der Waals surface area (Å²) in [5, 5.41) is 0. The lowest BCUT2D eigenvalue weighted by molar-refractivity contribution is -0.134. The Labute approximate surface area is 185 Å². The summed E-state index contributed by atoms with van der Waals surface area (Å²) < 4.78 is 11.3. The van der Waals surface area contributed by atoms with Gasteiger partial charge in [-0.15, -0.1) is 11.8 Å². The number of methoxy groups -OCH3 is 1. The van der Waals surface area contributed by atoms with Crippen LogP contribution in [0.5, 0.6) is 11.5 Å². The van der Waals surface area contributed by atoms with Crippen LogP contribution < -0.4 is 9.47 Å². The van der Waals surface area contributed by atoms with Gasteiger partial charge >= 0.3 is 6.03 Å². The van der Waals surface area contributed by atoms with E-state index in [0.29, 0.717) is 23.7 Å². The molecule has 1 heterocycles. The zero-order valence-electron chi connectivity index (χ0n) is 17.9. The van der Waals surface area contributed by atoms with Crippen molar-refractivity contribution in [3.63, 3.8) is 0 Å². The Balaban J connectivity index is 1.68. The fourth-order valence-corrected chi connectivity index (χ4v) is 3.71. The summed E-state index contributed by atoms with van der Waals surface area (Å²) in [4.78, 5) is 39.6. The van der Waals surface area contributed by atoms with Crippen LogP contribution >= 0.6 is 11.8 Å². The van der Waals surface area contributed by atoms with Crippen molar-refractivity contribution in [1.82, 2.24) is 9.80 Å². The molecule has 3 rings (SSSR count). The summed E-state index contributed by atoms with van der Waals surface area (Å²) in [7, 11) is 4.21. The number of barbiturate groups is 1. The number of carbonyl (C=O) groups excluding carboxylic acids is 3. The second-order valence-corrected chi connectivity index (χ2v) is 8.16. The highest BCUT2D eigenvalue weighted by Gasteiger charge is 2.37. The van der Waals surface area contributed by atoms with Gasteiger partial charge in [0.15, 0.2) is 11.5 Å². The van der Waals surface area contributed by atoms with Crippen LogP contribution in [-0.4, -0.2) is 61.2 Å². The second kappa shape index (κ2) is 9.70. The van der Waals surface area contributed by atoms with Crippen LogP contribution in [0.15, 0.2) is 52.9 Å². The summed E-state index contributed by atoms with van der Waals surface area (Å²) in [5.41, 5.74) is 1.72. The molecule has 1 aliphatic heterocycles. The van der Waals surface area contributed by atoms with E-state index in [9.17, 15) is 14.4 Å². The van der Waals surface area contributed by atoms with Gasteiger partial charge in [0.2, 0.25) is 0 Å². The number of aryl methyl sites for hydroxylation is 1. The Morgan fingerprint density at radius 2 is 1.58 bits per heavy atom. The summed E-state index contributed by atoms with van der Waals surface area (Å²) in [6, 6.07) is 12.8. The Bertz CT molecular complexity index is 1010. The van der Waals surface area contributed by atoms with E-state index < -0.39 is 17.8 Å². The van der Waals surface area contributed by atoms with E-state index in [-0.39, 0.29) is 5.57 Å². The quantitative estimate of drug-likeness (QED) is 0.283. The number of hydrogen-bond donors (Lipinski definition) is 0. The van der Waals surface area contributed by atoms with Gasteiger partial charge in [-0.1, -0.05) is 23.8 Å². The van der Waals surface area contributed by atoms with E-state index in [2.05, 4.69) is 31.2 Å². The van der Waals surface area contributed by atoms with Gasteiger partial charge in [0.1, 0.15) is 5.57 Å². The Kier molecular flexibility index (Phi) is 7.02. The molecule has 0 radical (unpaired) electrons. The van der Waals surface area contributed by atoms with Crippen molar-refractivity contribution < 1.29 is 23.9 Å². The molecule has 0 saturated carbocycles. The highest BCUT2D eigenvalue weighted by molar-refractivity contribution is 7.99. The van der Waals surface area contributed by atoms with Crippen molar-refractivity contribution in [2.24, 2.45) is 0 Å². The number of nitrogens with zero attached hydrogens (tertiary/aromatic N) is 2. The number of urea groups is 1. The molecule has 2 aromatic rings. The molecule has 1 saturated heterocycles. The standard InChI is InChI=1S/C23H24N2O5S/c1-15-5-8-17(9-6-15)31-12-11-30-19-10-7-16(14-20(19)29-4)13-18-21(26)24(2)23(28)25(3)22(18)27/h5-10,13-14H,11-12H2,1-4H3. The van der Waals surface area contributed by atoms with E-state index in [0.717, 1.165) is 15.6 Å². The first-order valence-electron chi connectivity index (χ1n) is 9.64. The minimum atomic E-state index is -0.656. The molecule has 0 atom stereocenters. The zero-order chi connectivity index (χ0) is 22.5. The van der Waals surface area contributed by atoms with Crippen LogP contribution in [-0.2, 0) is 9.59 Å². The first-order chi connectivity index (χ1) is 14.8. The summed E-state index contributed by atoms with van der Waals surface area (Å²) in [6.45, 7) is 2.55.